The van der Waals surface area contributed by atoms with Gasteiger partial charge in [0, 0.05) is 6.04 Å². The largest absolute Gasteiger partial charge is 0.353 e. The second-order valence-corrected chi connectivity index (χ2v) is 6.11. The second-order valence-electron chi connectivity index (χ2n) is 6.11. The van der Waals surface area contributed by atoms with Crippen molar-refractivity contribution in [2.45, 2.75) is 65.0 Å². The van der Waals surface area contributed by atoms with E-state index in [4.69, 9.17) is 0 Å². The molecule has 1 saturated heterocycles. The van der Waals surface area contributed by atoms with Gasteiger partial charge in [0.25, 0.3) is 0 Å². The van der Waals surface area contributed by atoms with E-state index in [2.05, 4.69) is 19.2 Å². The van der Waals surface area contributed by atoms with Crippen molar-refractivity contribution in [2.24, 2.45) is 5.92 Å². The molecule has 0 bridgehead atoms. The molecule has 1 N–H and O–H groups in total. The highest BCUT2D eigenvalue weighted by Gasteiger charge is 2.23. The normalized spacial score (nSPS) is 22.2. The summed E-state index contributed by atoms with van der Waals surface area (Å²) in [5.74, 6) is 0.714. The highest BCUT2D eigenvalue weighted by Crippen LogP contribution is 2.14. The Hall–Kier alpha value is -0.900. The van der Waals surface area contributed by atoms with Gasteiger partial charge in [0.1, 0.15) is 6.29 Å². The molecule has 1 fully saturated rings. The monoisotopic (exact) mass is 268 g/mol. The molecule has 0 aliphatic carbocycles. The summed E-state index contributed by atoms with van der Waals surface area (Å²) >= 11 is 0. The van der Waals surface area contributed by atoms with Crippen LogP contribution in [0.2, 0.25) is 0 Å². The number of likely N-dealkylation sites (tertiary alicyclic amines) is 1. The van der Waals surface area contributed by atoms with E-state index in [0.29, 0.717) is 12.5 Å². The van der Waals surface area contributed by atoms with Crippen LogP contribution in [-0.2, 0) is 9.59 Å². The Kier molecular flexibility index (Phi) is 7.06. The van der Waals surface area contributed by atoms with Gasteiger partial charge in [0.05, 0.1) is 12.6 Å². The van der Waals surface area contributed by atoms with E-state index in [-0.39, 0.29) is 18.0 Å². The molecule has 0 aromatic heterocycles. The van der Waals surface area contributed by atoms with Crippen molar-refractivity contribution in [3.8, 4) is 0 Å². The van der Waals surface area contributed by atoms with Crippen molar-refractivity contribution in [1.82, 2.24) is 10.2 Å². The number of amides is 1. The molecule has 0 spiro atoms. The minimum absolute atomic E-state index is 0.0463. The van der Waals surface area contributed by atoms with Crippen LogP contribution in [0.5, 0.6) is 0 Å². The van der Waals surface area contributed by atoms with Crippen LogP contribution >= 0.6 is 0 Å². The minimum atomic E-state index is -0.0644. The molecule has 0 radical (unpaired) electrons. The fourth-order valence-electron chi connectivity index (χ4n) is 2.53. The fraction of sp³-hybridized carbons (Fsp3) is 0.867. The van der Waals surface area contributed by atoms with Crippen LogP contribution in [0, 0.1) is 5.92 Å². The minimum Gasteiger partial charge on any atom is -0.353 e. The number of aldehydes is 1. The molecule has 0 saturated carbocycles. The van der Waals surface area contributed by atoms with Gasteiger partial charge in [-0.3, -0.25) is 9.69 Å². The Balaban J connectivity index is 2.31. The summed E-state index contributed by atoms with van der Waals surface area (Å²) < 4.78 is 0. The lowest BCUT2D eigenvalue weighted by molar-refractivity contribution is -0.125. The molecular formula is C15H28N2O2. The first-order chi connectivity index (χ1) is 9.02. The van der Waals surface area contributed by atoms with Gasteiger partial charge in [-0.2, -0.15) is 0 Å². The number of hydrogen-bond acceptors (Lipinski definition) is 3. The number of piperidine rings is 1. The molecule has 0 aromatic carbocycles. The third kappa shape index (κ3) is 6.19. The molecule has 4 heteroatoms. The van der Waals surface area contributed by atoms with E-state index in [1.807, 2.05) is 11.8 Å². The Morgan fingerprint density at radius 2 is 2.05 bits per heavy atom. The molecule has 4 nitrogen and oxygen atoms in total. The number of nitrogens with one attached hydrogen (secondary N) is 1. The lowest BCUT2D eigenvalue weighted by Gasteiger charge is -2.31. The number of hydrogen-bond donors (Lipinski definition) is 1. The zero-order valence-electron chi connectivity index (χ0n) is 12.5. The molecule has 1 amide bonds. The van der Waals surface area contributed by atoms with E-state index in [1.165, 1.54) is 0 Å². The number of rotatable bonds is 7. The summed E-state index contributed by atoms with van der Waals surface area (Å²) in [5.41, 5.74) is 0. The maximum atomic E-state index is 12.0. The van der Waals surface area contributed by atoms with Crippen molar-refractivity contribution in [3.05, 3.63) is 0 Å². The average molecular weight is 268 g/mol. The Morgan fingerprint density at radius 3 is 2.68 bits per heavy atom. The van der Waals surface area contributed by atoms with E-state index in [9.17, 15) is 9.59 Å². The van der Waals surface area contributed by atoms with Crippen molar-refractivity contribution < 1.29 is 9.59 Å². The molecule has 2 unspecified atom stereocenters. The van der Waals surface area contributed by atoms with Gasteiger partial charge in [-0.15, -0.1) is 0 Å². The van der Waals surface area contributed by atoms with Crippen LogP contribution in [0.3, 0.4) is 0 Å². The van der Waals surface area contributed by atoms with E-state index >= 15 is 0 Å². The van der Waals surface area contributed by atoms with Gasteiger partial charge >= 0.3 is 0 Å². The molecule has 1 aliphatic heterocycles. The summed E-state index contributed by atoms with van der Waals surface area (Å²) in [5, 5.41) is 3.03. The average Bonchev–Trinajstić information content (AvgIpc) is 2.37. The smallest absolute Gasteiger partial charge is 0.234 e. The molecule has 1 heterocycles. The van der Waals surface area contributed by atoms with E-state index in [0.717, 1.165) is 44.9 Å². The topological polar surface area (TPSA) is 49.4 Å². The van der Waals surface area contributed by atoms with Gasteiger partial charge in [0.2, 0.25) is 5.91 Å². The standard InChI is InChI=1S/C15H28N2O2/c1-12(2)7-8-13(3)16-15(19)10-17-9-5-4-6-14(17)11-18/h11-14H,4-10H2,1-3H3,(H,16,19). The van der Waals surface area contributed by atoms with Gasteiger partial charge in [-0.1, -0.05) is 20.3 Å². The van der Waals surface area contributed by atoms with Gasteiger partial charge in [-0.05, 0) is 45.1 Å². The lowest BCUT2D eigenvalue weighted by Crippen LogP contribution is -2.47. The van der Waals surface area contributed by atoms with Crippen molar-refractivity contribution >= 4 is 12.2 Å². The third-order valence-electron chi connectivity index (χ3n) is 3.75. The number of carbonyl (C=O) groups is 2. The zero-order valence-corrected chi connectivity index (χ0v) is 12.5. The lowest BCUT2D eigenvalue weighted by atomic mass is 10.0. The fourth-order valence-corrected chi connectivity index (χ4v) is 2.53. The Morgan fingerprint density at radius 1 is 1.32 bits per heavy atom. The van der Waals surface area contributed by atoms with Gasteiger partial charge in [-0.25, -0.2) is 0 Å². The summed E-state index contributed by atoms with van der Waals surface area (Å²) in [6.07, 6.45) is 6.18. The van der Waals surface area contributed by atoms with Crippen LogP contribution in [-0.4, -0.2) is 42.3 Å². The van der Waals surface area contributed by atoms with Crippen molar-refractivity contribution in [1.29, 1.82) is 0 Å². The van der Waals surface area contributed by atoms with E-state index in [1.54, 1.807) is 0 Å². The Labute approximate surface area is 116 Å². The van der Waals surface area contributed by atoms with Crippen molar-refractivity contribution in [2.75, 3.05) is 13.1 Å². The van der Waals surface area contributed by atoms with Crippen LogP contribution < -0.4 is 5.32 Å². The molecule has 0 aromatic rings. The molecule has 1 aliphatic rings. The molecule has 19 heavy (non-hydrogen) atoms. The maximum absolute atomic E-state index is 12.0. The highest BCUT2D eigenvalue weighted by molar-refractivity contribution is 5.78. The predicted molar refractivity (Wildman–Crippen MR) is 77.0 cm³/mol. The van der Waals surface area contributed by atoms with Gasteiger partial charge < -0.3 is 10.1 Å². The first kappa shape index (κ1) is 16.2. The molecule has 110 valence electrons. The van der Waals surface area contributed by atoms with Crippen LogP contribution in [0.1, 0.15) is 52.9 Å². The Bertz CT molecular complexity index is 292. The summed E-state index contributed by atoms with van der Waals surface area (Å²) in [6.45, 7) is 7.65. The van der Waals surface area contributed by atoms with Crippen molar-refractivity contribution in [3.63, 3.8) is 0 Å². The molecular weight excluding hydrogens is 240 g/mol. The van der Waals surface area contributed by atoms with Crippen LogP contribution in [0.25, 0.3) is 0 Å². The predicted octanol–water partition coefficient (Wildman–Crippen LogP) is 1.98. The third-order valence-corrected chi connectivity index (χ3v) is 3.75. The quantitative estimate of drug-likeness (QED) is 0.718. The molecule has 1 rings (SSSR count). The SMILES string of the molecule is CC(C)CCC(C)NC(=O)CN1CCCCC1C=O. The van der Waals surface area contributed by atoms with E-state index < -0.39 is 0 Å². The van der Waals surface area contributed by atoms with Crippen LogP contribution in [0.15, 0.2) is 0 Å². The second kappa shape index (κ2) is 8.31. The first-order valence-electron chi connectivity index (χ1n) is 7.51. The van der Waals surface area contributed by atoms with Crippen LogP contribution in [0.4, 0.5) is 0 Å². The number of nitrogens with zero attached hydrogens (tertiary/aromatic N) is 1. The van der Waals surface area contributed by atoms with Gasteiger partial charge in [0.15, 0.2) is 0 Å². The summed E-state index contributed by atoms with van der Waals surface area (Å²) in [4.78, 5) is 24.9. The highest BCUT2D eigenvalue weighted by atomic mass is 16.2. The maximum Gasteiger partial charge on any atom is 0.234 e. The zero-order chi connectivity index (χ0) is 14.3. The molecule has 2 atom stereocenters. The summed E-state index contributed by atoms with van der Waals surface area (Å²) in [7, 11) is 0. The summed E-state index contributed by atoms with van der Waals surface area (Å²) in [6, 6.07) is 0.153. The number of carbonyl (C=O) groups excluding carboxylic acids is 2. The first-order valence-corrected chi connectivity index (χ1v) is 7.51.